The molecule has 0 spiro atoms. The first-order valence-electron chi connectivity index (χ1n) is 4.64. The molecule has 0 aromatic heterocycles. The van der Waals surface area contributed by atoms with Crippen LogP contribution >= 0.6 is 0 Å². The SMILES string of the molecule is CN(C)C(=O)N1CCCCCC1=O. The van der Waals surface area contributed by atoms with Crippen LogP contribution in [0.2, 0.25) is 0 Å². The summed E-state index contributed by atoms with van der Waals surface area (Å²) in [4.78, 5) is 25.7. The number of carbonyl (C=O) groups is 2. The zero-order valence-electron chi connectivity index (χ0n) is 8.25. The van der Waals surface area contributed by atoms with Crippen molar-refractivity contribution in [3.8, 4) is 0 Å². The highest BCUT2D eigenvalue weighted by atomic mass is 16.2. The Labute approximate surface area is 78.5 Å². The van der Waals surface area contributed by atoms with Crippen molar-refractivity contribution in [2.45, 2.75) is 25.7 Å². The van der Waals surface area contributed by atoms with E-state index in [1.807, 2.05) is 0 Å². The van der Waals surface area contributed by atoms with Gasteiger partial charge in [-0.05, 0) is 12.8 Å². The van der Waals surface area contributed by atoms with Crippen molar-refractivity contribution < 1.29 is 9.59 Å². The maximum Gasteiger partial charge on any atom is 0.326 e. The Hall–Kier alpha value is -1.06. The summed E-state index contributed by atoms with van der Waals surface area (Å²) >= 11 is 0. The summed E-state index contributed by atoms with van der Waals surface area (Å²) in [5.41, 5.74) is 0. The summed E-state index contributed by atoms with van der Waals surface area (Å²) in [6, 6.07) is -0.188. The molecule has 4 heteroatoms. The molecule has 13 heavy (non-hydrogen) atoms. The third kappa shape index (κ3) is 2.44. The number of imide groups is 1. The van der Waals surface area contributed by atoms with Crippen molar-refractivity contribution >= 4 is 11.9 Å². The summed E-state index contributed by atoms with van der Waals surface area (Å²) in [6.45, 7) is 0.579. The van der Waals surface area contributed by atoms with Gasteiger partial charge in [0.25, 0.3) is 0 Å². The lowest BCUT2D eigenvalue weighted by Crippen LogP contribution is -2.42. The number of hydrogen-bond donors (Lipinski definition) is 0. The average Bonchev–Trinajstić information content (AvgIpc) is 2.28. The zero-order valence-corrected chi connectivity index (χ0v) is 8.25. The van der Waals surface area contributed by atoms with Crippen LogP contribution in [-0.4, -0.2) is 42.4 Å². The fourth-order valence-corrected chi connectivity index (χ4v) is 1.43. The smallest absolute Gasteiger partial charge is 0.326 e. The lowest BCUT2D eigenvalue weighted by Gasteiger charge is -2.22. The minimum atomic E-state index is -0.188. The summed E-state index contributed by atoms with van der Waals surface area (Å²) < 4.78 is 0. The molecule has 0 atom stereocenters. The standard InChI is InChI=1S/C9H16N2O2/c1-10(2)9(13)11-7-5-3-4-6-8(11)12/h3-7H2,1-2H3. The van der Waals surface area contributed by atoms with Crippen molar-refractivity contribution in [2.24, 2.45) is 0 Å². The number of amides is 3. The molecule has 4 nitrogen and oxygen atoms in total. The Kier molecular flexibility index (Phi) is 3.28. The summed E-state index contributed by atoms with van der Waals surface area (Å²) in [6.07, 6.45) is 3.41. The van der Waals surface area contributed by atoms with Crippen molar-refractivity contribution in [1.82, 2.24) is 9.80 Å². The van der Waals surface area contributed by atoms with E-state index in [0.717, 1.165) is 19.3 Å². The van der Waals surface area contributed by atoms with Crippen LogP contribution in [0.1, 0.15) is 25.7 Å². The highest BCUT2D eigenvalue weighted by Gasteiger charge is 2.23. The van der Waals surface area contributed by atoms with Gasteiger partial charge in [-0.25, -0.2) is 4.79 Å². The molecule has 1 fully saturated rings. The quantitative estimate of drug-likeness (QED) is 0.565. The minimum Gasteiger partial charge on any atom is -0.330 e. The minimum absolute atomic E-state index is 0.0313. The Morgan fingerprint density at radius 2 is 2.00 bits per heavy atom. The van der Waals surface area contributed by atoms with Crippen LogP contribution in [-0.2, 0) is 4.79 Å². The van der Waals surface area contributed by atoms with Crippen LogP contribution in [0.25, 0.3) is 0 Å². The molecule has 3 amide bonds. The van der Waals surface area contributed by atoms with Crippen molar-refractivity contribution in [3.63, 3.8) is 0 Å². The number of rotatable bonds is 0. The third-order valence-corrected chi connectivity index (χ3v) is 2.19. The molecule has 0 unspecified atom stereocenters. The van der Waals surface area contributed by atoms with Gasteiger partial charge in [0.1, 0.15) is 0 Å². The van der Waals surface area contributed by atoms with E-state index in [1.165, 1.54) is 9.80 Å². The van der Waals surface area contributed by atoms with Crippen LogP contribution in [0.5, 0.6) is 0 Å². The van der Waals surface area contributed by atoms with Gasteiger partial charge in [-0.3, -0.25) is 9.69 Å². The summed E-state index contributed by atoms with van der Waals surface area (Å²) in [7, 11) is 3.33. The molecule has 0 N–H and O–H groups in total. The van der Waals surface area contributed by atoms with Crippen molar-refractivity contribution in [2.75, 3.05) is 20.6 Å². The normalized spacial score (nSPS) is 18.3. The van der Waals surface area contributed by atoms with Crippen LogP contribution in [0, 0.1) is 0 Å². The molecule has 1 aliphatic rings. The molecule has 0 aromatic rings. The zero-order chi connectivity index (χ0) is 9.84. The fourth-order valence-electron chi connectivity index (χ4n) is 1.43. The molecule has 0 aliphatic carbocycles. The third-order valence-electron chi connectivity index (χ3n) is 2.19. The number of urea groups is 1. The van der Waals surface area contributed by atoms with Gasteiger partial charge in [0, 0.05) is 27.1 Å². The van der Waals surface area contributed by atoms with Crippen LogP contribution in [0.15, 0.2) is 0 Å². The van der Waals surface area contributed by atoms with Crippen LogP contribution < -0.4 is 0 Å². The fraction of sp³-hybridized carbons (Fsp3) is 0.778. The van der Waals surface area contributed by atoms with E-state index in [1.54, 1.807) is 14.1 Å². The first kappa shape index (κ1) is 10.0. The van der Waals surface area contributed by atoms with E-state index in [0.29, 0.717) is 13.0 Å². The van der Waals surface area contributed by atoms with Crippen LogP contribution in [0.4, 0.5) is 4.79 Å². The van der Waals surface area contributed by atoms with E-state index in [2.05, 4.69) is 0 Å². The second kappa shape index (κ2) is 4.25. The molecule has 0 saturated carbocycles. The average molecular weight is 184 g/mol. The predicted octanol–water partition coefficient (Wildman–Crippen LogP) is 1.07. The maximum atomic E-state index is 11.5. The van der Waals surface area contributed by atoms with Crippen molar-refractivity contribution in [3.05, 3.63) is 0 Å². The second-order valence-corrected chi connectivity index (χ2v) is 3.53. The largest absolute Gasteiger partial charge is 0.330 e. The van der Waals surface area contributed by atoms with Gasteiger partial charge in [0.15, 0.2) is 0 Å². The molecule has 0 bridgehead atoms. The molecular formula is C9H16N2O2. The van der Waals surface area contributed by atoms with E-state index in [-0.39, 0.29) is 11.9 Å². The van der Waals surface area contributed by atoms with Gasteiger partial charge < -0.3 is 4.90 Å². The molecule has 0 radical (unpaired) electrons. The highest BCUT2D eigenvalue weighted by Crippen LogP contribution is 2.12. The van der Waals surface area contributed by atoms with Gasteiger partial charge in [-0.2, -0.15) is 0 Å². The van der Waals surface area contributed by atoms with E-state index in [9.17, 15) is 9.59 Å². The van der Waals surface area contributed by atoms with Gasteiger partial charge >= 0.3 is 6.03 Å². The maximum absolute atomic E-state index is 11.5. The van der Waals surface area contributed by atoms with Crippen molar-refractivity contribution in [1.29, 1.82) is 0 Å². The lowest BCUT2D eigenvalue weighted by molar-refractivity contribution is -0.128. The molecule has 1 rings (SSSR count). The first-order valence-corrected chi connectivity index (χ1v) is 4.64. The number of carbonyl (C=O) groups excluding carboxylic acids is 2. The molecule has 1 saturated heterocycles. The predicted molar refractivity (Wildman–Crippen MR) is 49.3 cm³/mol. The first-order chi connectivity index (χ1) is 6.13. The van der Waals surface area contributed by atoms with E-state index >= 15 is 0 Å². The number of likely N-dealkylation sites (tertiary alicyclic amines) is 1. The highest BCUT2D eigenvalue weighted by molar-refractivity contribution is 5.94. The Balaban J connectivity index is 2.64. The van der Waals surface area contributed by atoms with E-state index < -0.39 is 0 Å². The summed E-state index contributed by atoms with van der Waals surface area (Å²) in [5, 5.41) is 0. The molecule has 74 valence electrons. The van der Waals surface area contributed by atoms with E-state index in [4.69, 9.17) is 0 Å². The molecule has 0 aromatic carbocycles. The molecule has 1 heterocycles. The lowest BCUT2D eigenvalue weighted by atomic mass is 10.2. The topological polar surface area (TPSA) is 40.6 Å². The monoisotopic (exact) mass is 184 g/mol. The Morgan fingerprint density at radius 3 is 2.62 bits per heavy atom. The molecular weight excluding hydrogens is 168 g/mol. The second-order valence-electron chi connectivity index (χ2n) is 3.53. The van der Waals surface area contributed by atoms with Crippen LogP contribution in [0.3, 0.4) is 0 Å². The Morgan fingerprint density at radius 1 is 1.31 bits per heavy atom. The molecule has 1 aliphatic heterocycles. The van der Waals surface area contributed by atoms with Gasteiger partial charge in [0.2, 0.25) is 5.91 Å². The number of nitrogens with zero attached hydrogens (tertiary/aromatic N) is 2. The summed E-state index contributed by atoms with van der Waals surface area (Å²) in [5.74, 6) is -0.0313. The Bertz CT molecular complexity index is 214. The van der Waals surface area contributed by atoms with Gasteiger partial charge in [-0.1, -0.05) is 6.42 Å². The number of hydrogen-bond acceptors (Lipinski definition) is 2. The van der Waals surface area contributed by atoms with Gasteiger partial charge in [-0.15, -0.1) is 0 Å². The van der Waals surface area contributed by atoms with Gasteiger partial charge in [0.05, 0.1) is 0 Å².